The first-order chi connectivity index (χ1) is 13.2. The molecule has 1 heterocycles. The zero-order chi connectivity index (χ0) is 22.2. The van der Waals surface area contributed by atoms with Crippen molar-refractivity contribution in [1.82, 2.24) is 0 Å². The average molecular weight is 433 g/mol. The Morgan fingerprint density at radius 2 is 1.55 bits per heavy atom. The highest BCUT2D eigenvalue weighted by atomic mass is 32.2. The van der Waals surface area contributed by atoms with Crippen molar-refractivity contribution in [3.05, 3.63) is 41.2 Å². The number of aromatic hydroxyl groups is 1. The zero-order valence-corrected chi connectivity index (χ0v) is 21.2. The van der Waals surface area contributed by atoms with E-state index in [1.54, 1.807) is 0 Å². The van der Waals surface area contributed by atoms with E-state index in [0.29, 0.717) is 17.9 Å². The van der Waals surface area contributed by atoms with Gasteiger partial charge in [0.2, 0.25) is 0 Å². The second kappa shape index (κ2) is 8.35. The molecule has 0 amide bonds. The predicted molar refractivity (Wildman–Crippen MR) is 127 cm³/mol. The van der Waals surface area contributed by atoms with E-state index in [-0.39, 0.29) is 16.6 Å². The van der Waals surface area contributed by atoms with Gasteiger partial charge < -0.3 is 9.52 Å². The quantitative estimate of drug-likeness (QED) is 0.325. The SMILES string of the molecule is CCC(=O)c1ccc([Si](C)(C)CSc2cc(C(C)(C)C)c(O)c(C(C)(C)C)c2)o1. The molecule has 5 heteroatoms. The van der Waals surface area contributed by atoms with Gasteiger partial charge in [-0.1, -0.05) is 61.6 Å². The molecule has 0 aliphatic rings. The number of furan rings is 1. The smallest absolute Gasteiger partial charge is 0.197 e. The molecule has 0 saturated carbocycles. The summed E-state index contributed by atoms with van der Waals surface area (Å²) in [5.41, 5.74) is 1.70. The molecule has 160 valence electrons. The van der Waals surface area contributed by atoms with E-state index >= 15 is 0 Å². The Hall–Kier alpha value is -1.46. The van der Waals surface area contributed by atoms with E-state index in [1.165, 1.54) is 4.90 Å². The third-order valence-corrected chi connectivity index (χ3v) is 10.8. The number of carbonyl (C=O) groups is 1. The summed E-state index contributed by atoms with van der Waals surface area (Å²) in [5, 5.41) is 12.8. The third kappa shape index (κ3) is 5.57. The number of hydrogen-bond donors (Lipinski definition) is 1. The van der Waals surface area contributed by atoms with Crippen molar-refractivity contribution in [3.8, 4) is 5.75 Å². The fourth-order valence-corrected chi connectivity index (χ4v) is 7.20. The van der Waals surface area contributed by atoms with Crippen molar-refractivity contribution >= 4 is 31.0 Å². The Morgan fingerprint density at radius 1 is 1.03 bits per heavy atom. The van der Waals surface area contributed by atoms with Gasteiger partial charge in [-0.2, -0.15) is 0 Å². The van der Waals surface area contributed by atoms with Crippen molar-refractivity contribution in [1.29, 1.82) is 0 Å². The van der Waals surface area contributed by atoms with Crippen LogP contribution in [0.2, 0.25) is 13.1 Å². The molecular formula is C24H36O3SSi. The van der Waals surface area contributed by atoms with Crippen LogP contribution in [0, 0.1) is 0 Å². The fraction of sp³-hybridized carbons (Fsp3) is 0.542. The lowest BCUT2D eigenvalue weighted by atomic mass is 9.79. The maximum absolute atomic E-state index is 11.9. The maximum atomic E-state index is 11.9. The monoisotopic (exact) mass is 432 g/mol. The Bertz CT molecular complexity index is 847. The predicted octanol–water partition coefficient (Wildman–Crippen LogP) is 6.42. The van der Waals surface area contributed by atoms with Crippen molar-refractivity contribution in [2.45, 2.75) is 83.7 Å². The van der Waals surface area contributed by atoms with Crippen LogP contribution in [-0.2, 0) is 10.8 Å². The van der Waals surface area contributed by atoms with Crippen LogP contribution in [0.5, 0.6) is 5.75 Å². The van der Waals surface area contributed by atoms with Gasteiger partial charge in [0.05, 0.1) is 5.38 Å². The summed E-state index contributed by atoms with van der Waals surface area (Å²) in [6.45, 7) is 19.2. The van der Waals surface area contributed by atoms with E-state index < -0.39 is 8.07 Å². The molecule has 0 atom stereocenters. The third-order valence-electron chi connectivity index (χ3n) is 5.17. The van der Waals surface area contributed by atoms with Gasteiger partial charge >= 0.3 is 0 Å². The highest BCUT2D eigenvalue weighted by molar-refractivity contribution is 8.01. The van der Waals surface area contributed by atoms with Crippen LogP contribution in [-0.4, -0.2) is 24.3 Å². The van der Waals surface area contributed by atoms with Crippen LogP contribution in [0.3, 0.4) is 0 Å². The summed E-state index contributed by atoms with van der Waals surface area (Å²) in [7, 11) is -1.86. The summed E-state index contributed by atoms with van der Waals surface area (Å²) in [6, 6.07) is 8.06. The van der Waals surface area contributed by atoms with Gasteiger partial charge in [0.25, 0.3) is 0 Å². The number of benzene rings is 1. The number of phenolic OH excluding ortho intramolecular Hbond substituents is 1. The van der Waals surface area contributed by atoms with E-state index in [2.05, 4.69) is 66.8 Å². The van der Waals surface area contributed by atoms with Crippen molar-refractivity contribution in [2.24, 2.45) is 0 Å². The first-order valence-corrected chi connectivity index (χ1v) is 14.5. The molecule has 1 aromatic heterocycles. The Labute approximate surface area is 181 Å². The second-order valence-corrected chi connectivity index (χ2v) is 16.7. The van der Waals surface area contributed by atoms with Crippen LogP contribution in [0.1, 0.15) is 76.6 Å². The lowest BCUT2D eigenvalue weighted by Crippen LogP contribution is -2.43. The van der Waals surface area contributed by atoms with E-state index in [4.69, 9.17) is 4.42 Å². The summed E-state index contributed by atoms with van der Waals surface area (Å²) in [5.74, 6) is 0.944. The highest BCUT2D eigenvalue weighted by Gasteiger charge is 2.30. The Kier molecular flexibility index (Phi) is 6.85. The molecule has 0 spiro atoms. The van der Waals surface area contributed by atoms with Crippen molar-refractivity contribution < 1.29 is 14.3 Å². The molecule has 0 bridgehead atoms. The van der Waals surface area contributed by atoms with Crippen molar-refractivity contribution in [3.63, 3.8) is 0 Å². The molecule has 0 aliphatic heterocycles. The largest absolute Gasteiger partial charge is 0.507 e. The van der Waals surface area contributed by atoms with Gasteiger partial charge in [-0.15, -0.1) is 11.8 Å². The second-order valence-electron chi connectivity index (χ2n) is 10.5. The Morgan fingerprint density at radius 3 is 2.00 bits per heavy atom. The minimum Gasteiger partial charge on any atom is -0.507 e. The summed E-state index contributed by atoms with van der Waals surface area (Å²) in [6.07, 6.45) is 0.461. The standard InChI is InChI=1S/C24H36O3SSi/c1-10-19(25)20-11-12-21(27-20)29(8,9)15-28-16-13-17(23(2,3)4)22(26)18(14-16)24(5,6)7/h11-14,26H,10,15H2,1-9H3. The number of carbonyl (C=O) groups excluding carboxylic acids is 1. The molecule has 0 radical (unpaired) electrons. The number of rotatable bonds is 6. The normalized spacial score (nSPS) is 13.0. The van der Waals surface area contributed by atoms with Crippen LogP contribution in [0.25, 0.3) is 0 Å². The number of ketones is 1. The molecule has 0 unspecified atom stereocenters. The molecule has 3 nitrogen and oxygen atoms in total. The summed E-state index contributed by atoms with van der Waals surface area (Å²) < 4.78 is 5.92. The molecule has 2 rings (SSSR count). The number of Topliss-reactive ketones (excluding diaryl/α,β-unsaturated/α-hetero) is 1. The van der Waals surface area contributed by atoms with Gasteiger partial charge in [0.15, 0.2) is 11.5 Å². The minimum atomic E-state index is -1.86. The van der Waals surface area contributed by atoms with Gasteiger partial charge in [0, 0.05) is 27.8 Å². The molecule has 0 saturated heterocycles. The van der Waals surface area contributed by atoms with Gasteiger partial charge in [-0.3, -0.25) is 4.79 Å². The topological polar surface area (TPSA) is 50.4 Å². The zero-order valence-electron chi connectivity index (χ0n) is 19.4. The molecule has 0 fully saturated rings. The minimum absolute atomic E-state index is 0.0527. The first-order valence-electron chi connectivity index (χ1n) is 10.3. The van der Waals surface area contributed by atoms with Crippen LogP contribution < -0.4 is 5.38 Å². The molecule has 1 N–H and O–H groups in total. The summed E-state index contributed by atoms with van der Waals surface area (Å²) in [4.78, 5) is 13.1. The van der Waals surface area contributed by atoms with Crippen molar-refractivity contribution in [2.75, 3.05) is 5.38 Å². The molecule has 2 aromatic rings. The van der Waals surface area contributed by atoms with E-state index in [0.717, 1.165) is 21.9 Å². The van der Waals surface area contributed by atoms with Gasteiger partial charge in [0.1, 0.15) is 13.8 Å². The number of thioether (sulfide) groups is 1. The van der Waals surface area contributed by atoms with E-state index in [9.17, 15) is 9.90 Å². The van der Waals surface area contributed by atoms with Gasteiger partial charge in [-0.05, 0) is 35.1 Å². The maximum Gasteiger partial charge on any atom is 0.197 e. The Balaban J connectivity index is 2.34. The lowest BCUT2D eigenvalue weighted by Gasteiger charge is -2.28. The molecular weight excluding hydrogens is 396 g/mol. The number of hydrogen-bond acceptors (Lipinski definition) is 4. The van der Waals surface area contributed by atoms with Crippen LogP contribution >= 0.6 is 11.8 Å². The average Bonchev–Trinajstić information content (AvgIpc) is 3.09. The van der Waals surface area contributed by atoms with Crippen LogP contribution in [0.15, 0.2) is 33.6 Å². The molecule has 1 aromatic carbocycles. The summed E-state index contributed by atoms with van der Waals surface area (Å²) >= 11 is 1.82. The fourth-order valence-electron chi connectivity index (χ4n) is 3.20. The van der Waals surface area contributed by atoms with Crippen LogP contribution in [0.4, 0.5) is 0 Å². The molecule has 29 heavy (non-hydrogen) atoms. The number of phenols is 1. The van der Waals surface area contributed by atoms with E-state index in [1.807, 2.05) is 30.8 Å². The molecule has 0 aliphatic carbocycles. The van der Waals surface area contributed by atoms with Gasteiger partial charge in [-0.25, -0.2) is 0 Å². The highest BCUT2D eigenvalue weighted by Crippen LogP contribution is 2.42. The first kappa shape index (κ1) is 23.8. The lowest BCUT2D eigenvalue weighted by molar-refractivity contribution is 0.0963.